The Kier molecular flexibility index (Phi) is 7.42. The smallest absolute Gasteiger partial charge is 0.392 e. The number of anilines is 1. The zero-order valence-corrected chi connectivity index (χ0v) is 17.3. The molecule has 10 nitrogen and oxygen atoms in total. The van der Waals surface area contributed by atoms with Crippen molar-refractivity contribution in [2.24, 2.45) is 0 Å². The topological polar surface area (TPSA) is 149 Å². The van der Waals surface area contributed by atoms with E-state index in [1.807, 2.05) is 24.3 Å². The molecule has 0 fully saturated rings. The summed E-state index contributed by atoms with van der Waals surface area (Å²) in [5.41, 5.74) is 8.89. The number of carbonyl (C=O) groups is 2. The van der Waals surface area contributed by atoms with Gasteiger partial charge in [0, 0.05) is 26.4 Å². The van der Waals surface area contributed by atoms with Crippen molar-refractivity contribution in [3.8, 4) is 5.88 Å². The van der Waals surface area contributed by atoms with Gasteiger partial charge in [0.15, 0.2) is 5.52 Å². The number of ether oxygens (including phenoxy) is 1. The van der Waals surface area contributed by atoms with Crippen LogP contribution in [0, 0.1) is 0 Å². The Bertz CT molecular complexity index is 1050. The quantitative estimate of drug-likeness (QED) is 0.271. The summed E-state index contributed by atoms with van der Waals surface area (Å²) < 4.78 is 5.92. The number of nitrogens with zero attached hydrogens (tertiary/aromatic N) is 2. The first-order valence-corrected chi connectivity index (χ1v) is 9.94. The SMILES string of the molecule is [B]CC(=O)NCCCc1nc2nc(N)[nH+]c(OCc3ccc(CNC(C)=O)cc3)c2[nH]1. The molecule has 0 aliphatic heterocycles. The molecule has 2 amide bonds. The molecule has 0 saturated carbocycles. The number of fused-ring (bicyclic) bond motifs is 1. The van der Waals surface area contributed by atoms with Crippen molar-refractivity contribution in [2.75, 3.05) is 12.3 Å². The second-order valence-corrected chi connectivity index (χ2v) is 7.01. The minimum atomic E-state index is -0.188. The predicted molar refractivity (Wildman–Crippen MR) is 115 cm³/mol. The summed E-state index contributed by atoms with van der Waals surface area (Å²) in [6, 6.07) is 7.75. The highest BCUT2D eigenvalue weighted by Crippen LogP contribution is 2.20. The monoisotopic (exact) mass is 422 g/mol. The highest BCUT2D eigenvalue weighted by Gasteiger charge is 2.17. The lowest BCUT2D eigenvalue weighted by Gasteiger charge is -2.06. The number of aryl methyl sites for hydroxylation is 1. The van der Waals surface area contributed by atoms with Crippen LogP contribution in [0.5, 0.6) is 5.88 Å². The number of carbonyl (C=O) groups excluding carboxylic acids is 2. The lowest BCUT2D eigenvalue weighted by atomic mass is 10.1. The van der Waals surface area contributed by atoms with Crippen molar-refractivity contribution in [3.05, 3.63) is 41.2 Å². The molecule has 6 N–H and O–H groups in total. The van der Waals surface area contributed by atoms with Crippen molar-refractivity contribution in [3.63, 3.8) is 0 Å². The van der Waals surface area contributed by atoms with Crippen LogP contribution in [0.25, 0.3) is 11.2 Å². The first-order chi connectivity index (χ1) is 14.9. The molecule has 1 aromatic carbocycles. The van der Waals surface area contributed by atoms with Crippen molar-refractivity contribution in [2.45, 2.75) is 39.2 Å². The molecule has 0 saturated heterocycles. The Morgan fingerprint density at radius 1 is 1.19 bits per heavy atom. The summed E-state index contributed by atoms with van der Waals surface area (Å²) in [5, 5.41) is 5.48. The molecule has 0 aliphatic rings. The van der Waals surface area contributed by atoms with E-state index in [4.69, 9.17) is 18.3 Å². The van der Waals surface area contributed by atoms with Gasteiger partial charge in [-0.05, 0) is 28.9 Å². The van der Waals surface area contributed by atoms with Gasteiger partial charge >= 0.3 is 5.95 Å². The van der Waals surface area contributed by atoms with Crippen molar-refractivity contribution < 1.29 is 19.3 Å². The largest absolute Gasteiger partial charge is 0.461 e. The van der Waals surface area contributed by atoms with E-state index in [-0.39, 0.29) is 24.1 Å². The number of hydrogen-bond donors (Lipinski definition) is 4. The molecule has 31 heavy (non-hydrogen) atoms. The molecular weight excluding hydrogens is 397 g/mol. The molecule has 160 valence electrons. The number of benzene rings is 1. The van der Waals surface area contributed by atoms with Crippen molar-refractivity contribution in [1.82, 2.24) is 25.6 Å². The van der Waals surface area contributed by atoms with Gasteiger partial charge in [-0.1, -0.05) is 24.3 Å². The summed E-state index contributed by atoms with van der Waals surface area (Å²) in [4.78, 5) is 37.0. The third kappa shape index (κ3) is 6.43. The van der Waals surface area contributed by atoms with E-state index in [1.54, 1.807) is 0 Å². The van der Waals surface area contributed by atoms with Crippen LogP contribution < -0.4 is 26.1 Å². The van der Waals surface area contributed by atoms with Gasteiger partial charge in [0.25, 0.3) is 11.5 Å². The number of nitrogen functional groups attached to an aromatic ring is 1. The molecule has 2 heterocycles. The first kappa shape index (κ1) is 22.1. The summed E-state index contributed by atoms with van der Waals surface area (Å²) in [6.07, 6.45) is 1.30. The number of nitrogens with two attached hydrogens (primary N) is 1. The van der Waals surface area contributed by atoms with Crippen LogP contribution in [-0.4, -0.2) is 41.2 Å². The highest BCUT2D eigenvalue weighted by molar-refractivity contribution is 6.19. The average molecular weight is 422 g/mol. The Labute approximate surface area is 180 Å². The Balaban J connectivity index is 1.62. The Morgan fingerprint density at radius 2 is 1.94 bits per heavy atom. The lowest BCUT2D eigenvalue weighted by molar-refractivity contribution is -0.380. The van der Waals surface area contributed by atoms with Gasteiger partial charge in [-0.25, -0.2) is 4.98 Å². The van der Waals surface area contributed by atoms with E-state index in [1.165, 1.54) is 6.92 Å². The first-order valence-electron chi connectivity index (χ1n) is 9.94. The van der Waals surface area contributed by atoms with Gasteiger partial charge in [-0.15, -0.1) is 0 Å². The van der Waals surface area contributed by atoms with Gasteiger partial charge in [0.1, 0.15) is 12.4 Å². The minimum Gasteiger partial charge on any atom is -0.461 e. The highest BCUT2D eigenvalue weighted by atomic mass is 16.5. The minimum absolute atomic E-state index is 0.0254. The Morgan fingerprint density at radius 3 is 2.65 bits per heavy atom. The fourth-order valence-corrected chi connectivity index (χ4v) is 2.89. The average Bonchev–Trinajstić information content (AvgIpc) is 3.16. The van der Waals surface area contributed by atoms with Crippen LogP contribution in [0.2, 0.25) is 6.32 Å². The summed E-state index contributed by atoms with van der Waals surface area (Å²) in [7, 11) is 5.27. The van der Waals surface area contributed by atoms with Crippen molar-refractivity contribution >= 4 is 36.8 Å². The molecule has 0 bridgehead atoms. The third-order valence-corrected chi connectivity index (χ3v) is 4.47. The molecule has 2 radical (unpaired) electrons. The van der Waals surface area contributed by atoms with Crippen LogP contribution in [0.3, 0.4) is 0 Å². The number of aromatic amines is 2. The molecule has 11 heteroatoms. The lowest BCUT2D eigenvalue weighted by Crippen LogP contribution is -2.23. The van der Waals surface area contributed by atoms with E-state index in [0.29, 0.717) is 49.6 Å². The van der Waals surface area contributed by atoms with E-state index in [9.17, 15) is 9.59 Å². The third-order valence-electron chi connectivity index (χ3n) is 4.47. The number of rotatable bonds is 10. The standard InChI is InChI=1S/C20H24BN7O3/c1-12(29)24-10-13-4-6-14(7-5-13)11-31-19-17-18(27-20(22)28-19)26-15(25-17)3-2-8-23-16(30)9-21/h4-7H,2-3,8-11H2,1H3,(H,23,30)(H,24,29)(H3,22,25,26,27,28)/p+1. The van der Waals surface area contributed by atoms with Gasteiger partial charge in [-0.3, -0.25) is 15.3 Å². The van der Waals surface area contributed by atoms with Crippen LogP contribution in [0.15, 0.2) is 24.3 Å². The molecule has 0 unspecified atom stereocenters. The summed E-state index contributed by atoms with van der Waals surface area (Å²) >= 11 is 0. The van der Waals surface area contributed by atoms with Gasteiger partial charge < -0.3 is 20.4 Å². The van der Waals surface area contributed by atoms with Crippen LogP contribution in [-0.2, 0) is 29.2 Å². The fourth-order valence-electron chi connectivity index (χ4n) is 2.89. The maximum Gasteiger partial charge on any atom is 0.392 e. The van der Waals surface area contributed by atoms with Gasteiger partial charge in [0.05, 0.1) is 7.85 Å². The van der Waals surface area contributed by atoms with E-state index < -0.39 is 0 Å². The Hall–Kier alpha value is -3.63. The summed E-state index contributed by atoms with van der Waals surface area (Å²) in [6.45, 7) is 2.80. The molecule has 3 aromatic rings. The maximum atomic E-state index is 11.2. The number of aromatic nitrogens is 4. The molecule has 0 spiro atoms. The van der Waals surface area contributed by atoms with E-state index >= 15 is 0 Å². The van der Waals surface area contributed by atoms with Gasteiger partial charge in [-0.2, -0.15) is 4.98 Å². The number of amides is 2. The molecule has 0 atom stereocenters. The maximum absolute atomic E-state index is 11.2. The number of H-pyrrole nitrogens is 2. The second-order valence-electron chi connectivity index (χ2n) is 7.01. The zero-order valence-electron chi connectivity index (χ0n) is 17.3. The predicted octanol–water partition coefficient (Wildman–Crippen LogP) is 0.205. The number of nitrogens with one attached hydrogen (secondary N) is 4. The fraction of sp³-hybridized carbons (Fsp3) is 0.350. The van der Waals surface area contributed by atoms with Crippen LogP contribution in [0.1, 0.15) is 30.3 Å². The zero-order chi connectivity index (χ0) is 22.2. The summed E-state index contributed by atoms with van der Waals surface area (Å²) in [5.74, 6) is 1.10. The van der Waals surface area contributed by atoms with E-state index in [2.05, 4.69) is 30.6 Å². The molecule has 3 rings (SSSR count). The van der Waals surface area contributed by atoms with Gasteiger partial charge in [0.2, 0.25) is 11.8 Å². The normalized spacial score (nSPS) is 10.7. The van der Waals surface area contributed by atoms with Crippen molar-refractivity contribution in [1.29, 1.82) is 0 Å². The number of hydrogen-bond acceptors (Lipinski definition) is 6. The van der Waals surface area contributed by atoms with E-state index in [0.717, 1.165) is 17.0 Å². The van der Waals surface area contributed by atoms with Crippen LogP contribution in [0.4, 0.5) is 5.95 Å². The second kappa shape index (κ2) is 10.4. The molecular formula is C20H25BN7O3+. The molecule has 2 aromatic heterocycles. The van der Waals surface area contributed by atoms with Crippen LogP contribution >= 0.6 is 0 Å². The molecule has 0 aliphatic carbocycles. The number of imidazole rings is 1.